The SMILES string of the molecule is CCCNC(CC(C)CC)c1ccc(OC)cc1F. The first-order chi connectivity index (χ1) is 9.12. The molecule has 0 saturated heterocycles. The molecule has 0 amide bonds. The lowest BCUT2D eigenvalue weighted by Crippen LogP contribution is -2.24. The summed E-state index contributed by atoms with van der Waals surface area (Å²) in [5.74, 6) is 0.964. The van der Waals surface area contributed by atoms with E-state index >= 15 is 0 Å². The van der Waals surface area contributed by atoms with Crippen molar-refractivity contribution in [3.63, 3.8) is 0 Å². The van der Waals surface area contributed by atoms with Gasteiger partial charge in [-0.3, -0.25) is 0 Å². The molecule has 1 rings (SSSR count). The van der Waals surface area contributed by atoms with Crippen LogP contribution in [0.3, 0.4) is 0 Å². The first-order valence-corrected chi connectivity index (χ1v) is 7.19. The summed E-state index contributed by atoms with van der Waals surface area (Å²) in [6.45, 7) is 7.41. The molecule has 0 aromatic heterocycles. The molecule has 0 spiro atoms. The number of benzene rings is 1. The Labute approximate surface area is 116 Å². The molecule has 108 valence electrons. The van der Waals surface area contributed by atoms with Gasteiger partial charge < -0.3 is 10.1 Å². The molecule has 2 atom stereocenters. The molecular formula is C16H26FNO. The van der Waals surface area contributed by atoms with Crippen molar-refractivity contribution in [1.82, 2.24) is 5.32 Å². The van der Waals surface area contributed by atoms with Crippen molar-refractivity contribution in [2.45, 2.75) is 46.1 Å². The van der Waals surface area contributed by atoms with E-state index in [4.69, 9.17) is 4.74 Å². The van der Waals surface area contributed by atoms with Crippen LogP contribution >= 0.6 is 0 Å². The molecular weight excluding hydrogens is 241 g/mol. The smallest absolute Gasteiger partial charge is 0.131 e. The van der Waals surface area contributed by atoms with Gasteiger partial charge in [0.1, 0.15) is 11.6 Å². The zero-order valence-corrected chi connectivity index (χ0v) is 12.5. The molecule has 2 unspecified atom stereocenters. The zero-order valence-electron chi connectivity index (χ0n) is 12.5. The Balaban J connectivity index is 2.89. The quantitative estimate of drug-likeness (QED) is 0.757. The number of halogens is 1. The van der Waals surface area contributed by atoms with E-state index < -0.39 is 0 Å². The van der Waals surface area contributed by atoms with Crippen molar-refractivity contribution < 1.29 is 9.13 Å². The van der Waals surface area contributed by atoms with Gasteiger partial charge in [0.05, 0.1) is 7.11 Å². The highest BCUT2D eigenvalue weighted by Gasteiger charge is 2.17. The lowest BCUT2D eigenvalue weighted by atomic mass is 9.93. The zero-order chi connectivity index (χ0) is 14.3. The molecule has 0 saturated carbocycles. The minimum absolute atomic E-state index is 0.0841. The first-order valence-electron chi connectivity index (χ1n) is 7.19. The molecule has 19 heavy (non-hydrogen) atoms. The fraction of sp³-hybridized carbons (Fsp3) is 0.625. The monoisotopic (exact) mass is 267 g/mol. The molecule has 1 aromatic carbocycles. The second-order valence-corrected chi connectivity index (χ2v) is 5.14. The molecule has 0 bridgehead atoms. The minimum Gasteiger partial charge on any atom is -0.497 e. The van der Waals surface area contributed by atoms with E-state index in [0.29, 0.717) is 11.7 Å². The van der Waals surface area contributed by atoms with Crippen LogP contribution in [0.2, 0.25) is 0 Å². The number of hydrogen-bond donors (Lipinski definition) is 1. The van der Waals surface area contributed by atoms with Gasteiger partial charge in [-0.2, -0.15) is 0 Å². The second-order valence-electron chi connectivity index (χ2n) is 5.14. The Morgan fingerprint density at radius 2 is 2.05 bits per heavy atom. The summed E-state index contributed by atoms with van der Waals surface area (Å²) in [5.41, 5.74) is 0.745. The van der Waals surface area contributed by atoms with Crippen molar-refractivity contribution in [2.75, 3.05) is 13.7 Å². The van der Waals surface area contributed by atoms with Crippen LogP contribution in [-0.2, 0) is 0 Å². The highest BCUT2D eigenvalue weighted by atomic mass is 19.1. The van der Waals surface area contributed by atoms with Gasteiger partial charge in [-0.25, -0.2) is 4.39 Å². The van der Waals surface area contributed by atoms with Crippen LogP contribution in [0.15, 0.2) is 18.2 Å². The summed E-state index contributed by atoms with van der Waals surface area (Å²) in [7, 11) is 1.56. The minimum atomic E-state index is -0.184. The van der Waals surface area contributed by atoms with Gasteiger partial charge in [0.15, 0.2) is 0 Å². The number of ether oxygens (including phenoxy) is 1. The van der Waals surface area contributed by atoms with Crippen LogP contribution in [0.25, 0.3) is 0 Å². The third-order valence-electron chi connectivity index (χ3n) is 3.56. The third kappa shape index (κ3) is 4.83. The molecule has 1 N–H and O–H groups in total. The molecule has 1 aromatic rings. The van der Waals surface area contributed by atoms with Crippen molar-refractivity contribution in [3.8, 4) is 5.75 Å². The Kier molecular flexibility index (Phi) is 6.85. The van der Waals surface area contributed by atoms with Crippen LogP contribution in [0.4, 0.5) is 4.39 Å². The van der Waals surface area contributed by atoms with Gasteiger partial charge in [-0.15, -0.1) is 0 Å². The molecule has 2 nitrogen and oxygen atoms in total. The molecule has 0 radical (unpaired) electrons. The summed E-state index contributed by atoms with van der Waals surface area (Å²) in [4.78, 5) is 0. The lowest BCUT2D eigenvalue weighted by Gasteiger charge is -2.23. The van der Waals surface area contributed by atoms with Crippen LogP contribution in [0.1, 0.15) is 51.6 Å². The summed E-state index contributed by atoms with van der Waals surface area (Å²) in [5, 5.41) is 3.45. The topological polar surface area (TPSA) is 21.3 Å². The lowest BCUT2D eigenvalue weighted by molar-refractivity contribution is 0.386. The largest absolute Gasteiger partial charge is 0.497 e. The van der Waals surface area contributed by atoms with Gasteiger partial charge in [-0.1, -0.05) is 33.3 Å². The molecule has 0 heterocycles. The fourth-order valence-electron chi connectivity index (χ4n) is 2.13. The fourth-order valence-corrected chi connectivity index (χ4v) is 2.13. The maximum Gasteiger partial charge on any atom is 0.131 e. The normalized spacial score (nSPS) is 14.2. The van der Waals surface area contributed by atoms with Crippen molar-refractivity contribution >= 4 is 0 Å². The summed E-state index contributed by atoms with van der Waals surface area (Å²) >= 11 is 0. The van der Waals surface area contributed by atoms with Gasteiger partial charge in [0, 0.05) is 17.7 Å². The highest BCUT2D eigenvalue weighted by Crippen LogP contribution is 2.27. The average Bonchev–Trinajstić information content (AvgIpc) is 2.43. The summed E-state index contributed by atoms with van der Waals surface area (Å²) in [6, 6.07) is 5.22. The maximum absolute atomic E-state index is 14.1. The van der Waals surface area contributed by atoms with E-state index in [-0.39, 0.29) is 11.9 Å². The van der Waals surface area contributed by atoms with Gasteiger partial charge >= 0.3 is 0 Å². The van der Waals surface area contributed by atoms with E-state index in [2.05, 4.69) is 26.1 Å². The first kappa shape index (κ1) is 16.0. The predicted octanol–water partition coefficient (Wildman–Crippen LogP) is 4.31. The predicted molar refractivity (Wildman–Crippen MR) is 78.1 cm³/mol. The van der Waals surface area contributed by atoms with E-state index in [1.54, 1.807) is 7.11 Å². The Bertz CT molecular complexity index is 381. The van der Waals surface area contributed by atoms with Gasteiger partial charge in [-0.05, 0) is 31.4 Å². The Hall–Kier alpha value is -1.09. The second kappa shape index (κ2) is 8.16. The van der Waals surface area contributed by atoms with Crippen LogP contribution in [-0.4, -0.2) is 13.7 Å². The Morgan fingerprint density at radius 3 is 2.58 bits per heavy atom. The van der Waals surface area contributed by atoms with Crippen molar-refractivity contribution in [1.29, 1.82) is 0 Å². The maximum atomic E-state index is 14.1. The molecule has 0 aliphatic carbocycles. The van der Waals surface area contributed by atoms with Crippen LogP contribution in [0, 0.1) is 11.7 Å². The number of methoxy groups -OCH3 is 1. The molecule has 3 heteroatoms. The summed E-state index contributed by atoms with van der Waals surface area (Å²) in [6.07, 6.45) is 3.12. The van der Waals surface area contributed by atoms with E-state index in [1.165, 1.54) is 6.07 Å². The van der Waals surface area contributed by atoms with Crippen molar-refractivity contribution in [3.05, 3.63) is 29.6 Å². The van der Waals surface area contributed by atoms with E-state index in [0.717, 1.165) is 31.4 Å². The van der Waals surface area contributed by atoms with Crippen LogP contribution < -0.4 is 10.1 Å². The molecule has 0 aliphatic heterocycles. The summed E-state index contributed by atoms with van der Waals surface area (Å²) < 4.78 is 19.2. The van der Waals surface area contributed by atoms with Gasteiger partial charge in [0.2, 0.25) is 0 Å². The third-order valence-corrected chi connectivity index (χ3v) is 3.56. The van der Waals surface area contributed by atoms with E-state index in [1.807, 2.05) is 12.1 Å². The number of hydrogen-bond acceptors (Lipinski definition) is 2. The molecule has 0 aliphatic rings. The standard InChI is InChI=1S/C16H26FNO/c1-5-9-18-16(10-12(3)6-2)14-8-7-13(19-4)11-15(14)17/h7-8,11-12,16,18H,5-6,9-10H2,1-4H3. The highest BCUT2D eigenvalue weighted by molar-refractivity contribution is 5.30. The number of rotatable bonds is 8. The van der Waals surface area contributed by atoms with E-state index in [9.17, 15) is 4.39 Å². The number of nitrogens with one attached hydrogen (secondary N) is 1. The average molecular weight is 267 g/mol. The Morgan fingerprint density at radius 1 is 1.32 bits per heavy atom. The van der Waals surface area contributed by atoms with Crippen molar-refractivity contribution in [2.24, 2.45) is 5.92 Å². The van der Waals surface area contributed by atoms with Gasteiger partial charge in [0.25, 0.3) is 0 Å². The molecule has 0 fully saturated rings. The van der Waals surface area contributed by atoms with Crippen LogP contribution in [0.5, 0.6) is 5.75 Å².